The molecule has 0 aliphatic heterocycles. The lowest BCUT2D eigenvalue weighted by molar-refractivity contribution is 0.145. The Balaban J connectivity index is 1.59. The Morgan fingerprint density at radius 2 is 1.96 bits per heavy atom. The normalized spacial score (nSPS) is 15.4. The topological polar surface area (TPSA) is 67.9 Å². The van der Waals surface area contributed by atoms with Crippen LogP contribution in [0.25, 0.3) is 11.0 Å². The number of benzene rings is 1. The summed E-state index contributed by atoms with van der Waals surface area (Å²) >= 11 is 0. The molecule has 0 amide bonds. The summed E-state index contributed by atoms with van der Waals surface area (Å²) in [6.07, 6.45) is 5.07. The first kappa shape index (κ1) is 17.6. The van der Waals surface area contributed by atoms with E-state index in [0.29, 0.717) is 13.1 Å². The highest BCUT2D eigenvalue weighted by Crippen LogP contribution is 2.18. The zero-order chi connectivity index (χ0) is 18.0. The molecule has 0 saturated heterocycles. The second-order valence-electron chi connectivity index (χ2n) is 6.90. The molecular formula is C19H27N5O. The molecule has 0 bridgehead atoms. The maximum atomic E-state index is 10.4. The SMILES string of the molecule is Cc1cc2ncn(C[C@H](O)CN[C@@H](C)[C@H](C)n3cccn3)c2cc1C. The maximum absolute atomic E-state index is 10.4. The van der Waals surface area contributed by atoms with E-state index < -0.39 is 6.10 Å². The molecule has 3 atom stereocenters. The second kappa shape index (κ2) is 7.37. The molecule has 0 radical (unpaired) electrons. The van der Waals surface area contributed by atoms with E-state index >= 15 is 0 Å². The Kier molecular flexibility index (Phi) is 5.20. The van der Waals surface area contributed by atoms with Crippen LogP contribution in [0.15, 0.2) is 36.9 Å². The molecule has 134 valence electrons. The van der Waals surface area contributed by atoms with Crippen molar-refractivity contribution in [2.75, 3.05) is 6.54 Å². The smallest absolute Gasteiger partial charge is 0.0959 e. The molecular weight excluding hydrogens is 314 g/mol. The number of nitrogens with one attached hydrogen (secondary N) is 1. The maximum Gasteiger partial charge on any atom is 0.0959 e. The summed E-state index contributed by atoms with van der Waals surface area (Å²) in [5, 5.41) is 18.1. The highest BCUT2D eigenvalue weighted by atomic mass is 16.3. The minimum absolute atomic E-state index is 0.207. The number of aryl methyl sites for hydroxylation is 2. The molecule has 0 unspecified atom stereocenters. The van der Waals surface area contributed by atoms with E-state index in [9.17, 15) is 5.11 Å². The van der Waals surface area contributed by atoms with Crippen LogP contribution in [0.1, 0.15) is 31.0 Å². The van der Waals surface area contributed by atoms with Gasteiger partial charge >= 0.3 is 0 Å². The molecule has 1 aromatic carbocycles. The first-order valence-electron chi connectivity index (χ1n) is 8.78. The summed E-state index contributed by atoms with van der Waals surface area (Å²) in [7, 11) is 0. The fourth-order valence-corrected chi connectivity index (χ4v) is 2.99. The van der Waals surface area contributed by atoms with Crippen molar-refractivity contribution in [3.05, 3.63) is 48.0 Å². The standard InChI is InChI=1S/C19H27N5O/c1-13-8-18-19(9-14(13)2)23(12-21-18)11-17(25)10-20-15(3)16(4)24-7-5-6-22-24/h5-9,12,15-17,20,25H,10-11H2,1-4H3/t15-,16-,17+/m0/s1. The van der Waals surface area contributed by atoms with Crippen molar-refractivity contribution in [1.29, 1.82) is 0 Å². The first-order chi connectivity index (χ1) is 12.0. The van der Waals surface area contributed by atoms with Crippen LogP contribution < -0.4 is 5.32 Å². The van der Waals surface area contributed by atoms with Gasteiger partial charge < -0.3 is 15.0 Å². The third kappa shape index (κ3) is 3.91. The number of rotatable bonds is 7. The molecule has 0 spiro atoms. The highest BCUT2D eigenvalue weighted by molar-refractivity contribution is 5.77. The lowest BCUT2D eigenvalue weighted by Gasteiger charge is -2.23. The Labute approximate surface area is 148 Å². The summed E-state index contributed by atoms with van der Waals surface area (Å²) in [6.45, 7) is 9.46. The number of aromatic nitrogens is 4. The average molecular weight is 341 g/mol. The van der Waals surface area contributed by atoms with Gasteiger partial charge in [-0.05, 0) is 57.0 Å². The van der Waals surface area contributed by atoms with E-state index in [2.05, 4.69) is 55.2 Å². The molecule has 2 N–H and O–H groups in total. The minimum Gasteiger partial charge on any atom is -0.390 e. The van der Waals surface area contributed by atoms with Gasteiger partial charge in [-0.2, -0.15) is 5.10 Å². The Bertz CT molecular complexity index is 824. The molecule has 0 aliphatic carbocycles. The largest absolute Gasteiger partial charge is 0.390 e. The molecule has 3 rings (SSSR count). The first-order valence-corrected chi connectivity index (χ1v) is 8.78. The van der Waals surface area contributed by atoms with E-state index in [4.69, 9.17) is 0 Å². The van der Waals surface area contributed by atoms with Crippen LogP contribution in [0.5, 0.6) is 0 Å². The summed E-state index contributed by atoms with van der Waals surface area (Å²) in [5.41, 5.74) is 4.52. The Hall–Kier alpha value is -2.18. The average Bonchev–Trinajstić information content (AvgIpc) is 3.24. The Morgan fingerprint density at radius 1 is 1.20 bits per heavy atom. The van der Waals surface area contributed by atoms with Crippen molar-refractivity contribution in [2.45, 2.75) is 52.4 Å². The van der Waals surface area contributed by atoms with Crippen molar-refractivity contribution in [3.63, 3.8) is 0 Å². The molecule has 2 heterocycles. The van der Waals surface area contributed by atoms with E-state index in [0.717, 1.165) is 11.0 Å². The third-order valence-electron chi connectivity index (χ3n) is 4.99. The van der Waals surface area contributed by atoms with Gasteiger partial charge in [0, 0.05) is 25.0 Å². The van der Waals surface area contributed by atoms with Gasteiger partial charge in [-0.3, -0.25) is 4.68 Å². The van der Waals surface area contributed by atoms with Crippen LogP contribution in [-0.2, 0) is 6.54 Å². The van der Waals surface area contributed by atoms with Crippen molar-refractivity contribution < 1.29 is 5.11 Å². The fourth-order valence-electron chi connectivity index (χ4n) is 2.99. The number of aliphatic hydroxyl groups is 1. The molecule has 6 heteroatoms. The number of fused-ring (bicyclic) bond motifs is 1. The number of hydrogen-bond donors (Lipinski definition) is 2. The number of nitrogens with zero attached hydrogens (tertiary/aromatic N) is 4. The highest BCUT2D eigenvalue weighted by Gasteiger charge is 2.16. The van der Waals surface area contributed by atoms with Crippen LogP contribution in [0, 0.1) is 13.8 Å². The number of aliphatic hydroxyl groups excluding tert-OH is 1. The van der Waals surface area contributed by atoms with Gasteiger partial charge in [-0.15, -0.1) is 0 Å². The monoisotopic (exact) mass is 341 g/mol. The van der Waals surface area contributed by atoms with Crippen LogP contribution in [0.4, 0.5) is 0 Å². The quantitative estimate of drug-likeness (QED) is 0.693. The summed E-state index contributed by atoms with van der Waals surface area (Å²) < 4.78 is 3.95. The molecule has 3 aromatic rings. The lowest BCUT2D eigenvalue weighted by atomic mass is 10.1. The molecule has 6 nitrogen and oxygen atoms in total. The van der Waals surface area contributed by atoms with Crippen LogP contribution in [0.3, 0.4) is 0 Å². The van der Waals surface area contributed by atoms with Gasteiger partial charge in [0.15, 0.2) is 0 Å². The van der Waals surface area contributed by atoms with Crippen molar-refractivity contribution in [2.24, 2.45) is 0 Å². The van der Waals surface area contributed by atoms with Gasteiger partial charge in [-0.1, -0.05) is 0 Å². The molecule has 2 aromatic heterocycles. The van der Waals surface area contributed by atoms with E-state index in [1.54, 1.807) is 6.20 Å². The fraction of sp³-hybridized carbons (Fsp3) is 0.474. The molecule has 25 heavy (non-hydrogen) atoms. The summed E-state index contributed by atoms with van der Waals surface area (Å²) in [6, 6.07) is 6.59. The predicted octanol–water partition coefficient (Wildman–Crippen LogP) is 2.45. The summed E-state index contributed by atoms with van der Waals surface area (Å²) in [5.74, 6) is 0. The van der Waals surface area contributed by atoms with Gasteiger partial charge in [0.05, 0.1) is 36.1 Å². The number of hydrogen-bond acceptors (Lipinski definition) is 4. The van der Waals surface area contributed by atoms with Crippen molar-refractivity contribution in [1.82, 2.24) is 24.6 Å². The van der Waals surface area contributed by atoms with E-state index in [-0.39, 0.29) is 12.1 Å². The zero-order valence-electron chi connectivity index (χ0n) is 15.3. The van der Waals surface area contributed by atoms with E-state index in [1.807, 2.05) is 27.8 Å². The van der Waals surface area contributed by atoms with Crippen LogP contribution in [-0.4, -0.2) is 43.1 Å². The third-order valence-corrected chi connectivity index (χ3v) is 4.99. The minimum atomic E-state index is -0.480. The van der Waals surface area contributed by atoms with E-state index in [1.165, 1.54) is 11.1 Å². The Morgan fingerprint density at radius 3 is 2.68 bits per heavy atom. The zero-order valence-corrected chi connectivity index (χ0v) is 15.3. The molecule has 0 fully saturated rings. The van der Waals surface area contributed by atoms with Gasteiger partial charge in [0.2, 0.25) is 0 Å². The predicted molar refractivity (Wildman–Crippen MR) is 99.6 cm³/mol. The van der Waals surface area contributed by atoms with Gasteiger partial charge in [0.25, 0.3) is 0 Å². The van der Waals surface area contributed by atoms with Gasteiger partial charge in [-0.25, -0.2) is 4.98 Å². The summed E-state index contributed by atoms with van der Waals surface area (Å²) in [4.78, 5) is 4.45. The second-order valence-corrected chi connectivity index (χ2v) is 6.90. The van der Waals surface area contributed by atoms with Crippen molar-refractivity contribution >= 4 is 11.0 Å². The van der Waals surface area contributed by atoms with Crippen molar-refractivity contribution in [3.8, 4) is 0 Å². The number of imidazole rings is 1. The van der Waals surface area contributed by atoms with Gasteiger partial charge in [0.1, 0.15) is 0 Å². The van der Waals surface area contributed by atoms with Crippen LogP contribution >= 0.6 is 0 Å². The molecule has 0 saturated carbocycles. The lowest BCUT2D eigenvalue weighted by Crippen LogP contribution is -2.39. The molecule has 0 aliphatic rings. The van der Waals surface area contributed by atoms with Crippen LogP contribution in [0.2, 0.25) is 0 Å².